The van der Waals surface area contributed by atoms with Gasteiger partial charge in [0.25, 0.3) is 0 Å². The van der Waals surface area contributed by atoms with E-state index in [4.69, 9.17) is 10.5 Å². The average molecular weight is 239 g/mol. The van der Waals surface area contributed by atoms with Gasteiger partial charge in [0.2, 0.25) is 0 Å². The summed E-state index contributed by atoms with van der Waals surface area (Å²) in [7, 11) is 1.71. The van der Waals surface area contributed by atoms with Gasteiger partial charge >= 0.3 is 0 Å². The third-order valence-electron chi connectivity index (χ3n) is 3.05. The Kier molecular flexibility index (Phi) is 4.69. The fraction of sp³-hybridized carbons (Fsp3) is 0.538. The molecule has 1 aromatic rings. The van der Waals surface area contributed by atoms with Crippen molar-refractivity contribution in [1.29, 1.82) is 0 Å². The molecule has 1 rings (SSSR count). The molecule has 1 aromatic carbocycles. The zero-order valence-electron chi connectivity index (χ0n) is 10.5. The summed E-state index contributed by atoms with van der Waals surface area (Å²) in [6, 6.07) is 2.18. The highest BCUT2D eigenvalue weighted by Crippen LogP contribution is 2.34. The predicted octanol–water partition coefficient (Wildman–Crippen LogP) is 2.94. The van der Waals surface area contributed by atoms with Crippen LogP contribution in [0.1, 0.15) is 34.7 Å². The number of aryl methyl sites for hydroxylation is 2. The van der Waals surface area contributed by atoms with Crippen molar-refractivity contribution in [3.63, 3.8) is 0 Å². The van der Waals surface area contributed by atoms with Crippen molar-refractivity contribution in [2.75, 3.05) is 12.9 Å². The summed E-state index contributed by atoms with van der Waals surface area (Å²) in [6.45, 7) is 6.26. The van der Waals surface area contributed by atoms with Crippen molar-refractivity contribution in [1.82, 2.24) is 0 Å². The molecule has 3 heteroatoms. The van der Waals surface area contributed by atoms with Gasteiger partial charge in [0, 0.05) is 11.6 Å². The van der Waals surface area contributed by atoms with Gasteiger partial charge in [0.1, 0.15) is 5.75 Å². The Hall–Kier alpha value is -0.670. The molecule has 0 aromatic heterocycles. The fourth-order valence-electron chi connectivity index (χ4n) is 2.08. The van der Waals surface area contributed by atoms with Crippen LogP contribution in [0.15, 0.2) is 6.07 Å². The number of ether oxygens (including phenoxy) is 1. The summed E-state index contributed by atoms with van der Waals surface area (Å²) in [5.41, 5.74) is 10.9. The van der Waals surface area contributed by atoms with Crippen molar-refractivity contribution < 1.29 is 4.74 Å². The number of hydrogen-bond acceptors (Lipinski definition) is 3. The second-order valence-corrected chi connectivity index (χ2v) is 4.65. The first kappa shape index (κ1) is 13.4. The second kappa shape index (κ2) is 5.60. The van der Waals surface area contributed by atoms with Crippen LogP contribution in [-0.4, -0.2) is 12.9 Å². The monoisotopic (exact) mass is 239 g/mol. The Morgan fingerprint density at radius 3 is 2.44 bits per heavy atom. The first-order chi connectivity index (χ1) is 7.52. The molecule has 0 fully saturated rings. The molecule has 0 radical (unpaired) electrons. The second-order valence-electron chi connectivity index (χ2n) is 4.20. The van der Waals surface area contributed by atoms with Crippen LogP contribution < -0.4 is 10.5 Å². The van der Waals surface area contributed by atoms with E-state index in [2.05, 4.69) is 39.5 Å². The number of methoxy groups -OCH3 is 1. The summed E-state index contributed by atoms with van der Waals surface area (Å²) < 4.78 is 5.50. The van der Waals surface area contributed by atoms with E-state index in [0.29, 0.717) is 0 Å². The lowest BCUT2D eigenvalue weighted by Gasteiger charge is -2.21. The van der Waals surface area contributed by atoms with E-state index < -0.39 is 0 Å². The average Bonchev–Trinajstić information content (AvgIpc) is 2.23. The summed E-state index contributed by atoms with van der Waals surface area (Å²) in [5.74, 6) is 1.73. The molecule has 16 heavy (non-hydrogen) atoms. The van der Waals surface area contributed by atoms with Crippen LogP contribution in [0, 0.1) is 20.8 Å². The summed E-state index contributed by atoms with van der Waals surface area (Å²) >= 11 is 4.23. The first-order valence-electron chi connectivity index (χ1n) is 5.54. The highest BCUT2D eigenvalue weighted by molar-refractivity contribution is 7.80. The Morgan fingerprint density at radius 1 is 1.31 bits per heavy atom. The Bertz CT molecular complexity index is 377. The number of nitrogens with two attached hydrogens (primary N) is 1. The minimum absolute atomic E-state index is 0.00625. The molecule has 2 nitrogen and oxygen atoms in total. The maximum atomic E-state index is 6.17. The molecule has 0 aliphatic rings. The molecule has 0 spiro atoms. The van der Waals surface area contributed by atoms with Crippen LogP contribution in [0.3, 0.4) is 0 Å². The van der Waals surface area contributed by atoms with E-state index in [1.54, 1.807) is 7.11 Å². The third kappa shape index (κ3) is 2.53. The molecule has 2 N–H and O–H groups in total. The lowest BCUT2D eigenvalue weighted by atomic mass is 9.93. The lowest BCUT2D eigenvalue weighted by Crippen LogP contribution is -2.15. The van der Waals surface area contributed by atoms with E-state index in [9.17, 15) is 0 Å². The number of benzene rings is 1. The standard InChI is InChI=1S/C13H21NOS/c1-8-7-9(2)12(11(14)5-6-16)13(15-4)10(8)3/h7,11,16H,5-6,14H2,1-4H3. The largest absolute Gasteiger partial charge is 0.496 e. The van der Waals surface area contributed by atoms with E-state index in [-0.39, 0.29) is 6.04 Å². The van der Waals surface area contributed by atoms with Gasteiger partial charge in [0.15, 0.2) is 0 Å². The van der Waals surface area contributed by atoms with Gasteiger partial charge in [-0.25, -0.2) is 0 Å². The number of hydrogen-bond donors (Lipinski definition) is 2. The van der Waals surface area contributed by atoms with Gasteiger partial charge in [0.05, 0.1) is 7.11 Å². The smallest absolute Gasteiger partial charge is 0.127 e. The molecule has 0 saturated heterocycles. The molecule has 90 valence electrons. The minimum atomic E-state index is 0.00625. The van der Waals surface area contributed by atoms with Gasteiger partial charge in [-0.1, -0.05) is 6.07 Å². The normalized spacial score (nSPS) is 12.6. The number of rotatable bonds is 4. The number of thiol groups is 1. The Labute approximate surface area is 104 Å². The van der Waals surface area contributed by atoms with Crippen molar-refractivity contribution in [3.05, 3.63) is 28.3 Å². The zero-order valence-corrected chi connectivity index (χ0v) is 11.4. The first-order valence-corrected chi connectivity index (χ1v) is 6.17. The molecular formula is C13H21NOS. The van der Waals surface area contributed by atoms with Crippen LogP contribution in [0.5, 0.6) is 5.75 Å². The van der Waals surface area contributed by atoms with Gasteiger partial charge in [-0.2, -0.15) is 12.6 Å². The maximum absolute atomic E-state index is 6.17. The predicted molar refractivity (Wildman–Crippen MR) is 72.6 cm³/mol. The molecule has 0 aliphatic carbocycles. The van der Waals surface area contributed by atoms with Crippen LogP contribution in [0.4, 0.5) is 0 Å². The summed E-state index contributed by atoms with van der Waals surface area (Å²) in [6.07, 6.45) is 0.864. The van der Waals surface area contributed by atoms with Crippen molar-refractivity contribution in [2.24, 2.45) is 5.73 Å². The quantitative estimate of drug-likeness (QED) is 0.792. The van der Waals surface area contributed by atoms with E-state index in [1.165, 1.54) is 16.7 Å². The van der Waals surface area contributed by atoms with Gasteiger partial charge in [-0.15, -0.1) is 0 Å². The SMILES string of the molecule is COc1c(C)c(C)cc(C)c1C(N)CCS. The molecule has 1 atom stereocenters. The van der Waals surface area contributed by atoms with E-state index in [1.807, 2.05) is 0 Å². The molecule has 0 aliphatic heterocycles. The topological polar surface area (TPSA) is 35.2 Å². The molecule has 0 amide bonds. The molecule has 1 unspecified atom stereocenters. The lowest BCUT2D eigenvalue weighted by molar-refractivity contribution is 0.401. The molecule has 0 bridgehead atoms. The van der Waals surface area contributed by atoms with Crippen molar-refractivity contribution >= 4 is 12.6 Å². The van der Waals surface area contributed by atoms with Gasteiger partial charge in [-0.3, -0.25) is 0 Å². The summed E-state index contributed by atoms with van der Waals surface area (Å²) in [4.78, 5) is 0. The minimum Gasteiger partial charge on any atom is -0.496 e. The van der Waals surface area contributed by atoms with Crippen molar-refractivity contribution in [3.8, 4) is 5.75 Å². The van der Waals surface area contributed by atoms with E-state index in [0.717, 1.165) is 23.5 Å². The molecule has 0 saturated carbocycles. The van der Waals surface area contributed by atoms with Crippen molar-refractivity contribution in [2.45, 2.75) is 33.2 Å². The Balaban J connectivity index is 3.30. The Morgan fingerprint density at radius 2 is 1.94 bits per heavy atom. The third-order valence-corrected chi connectivity index (χ3v) is 3.31. The van der Waals surface area contributed by atoms with E-state index >= 15 is 0 Å². The highest BCUT2D eigenvalue weighted by atomic mass is 32.1. The summed E-state index contributed by atoms with van der Waals surface area (Å²) in [5, 5.41) is 0. The highest BCUT2D eigenvalue weighted by Gasteiger charge is 2.17. The zero-order chi connectivity index (χ0) is 12.3. The van der Waals surface area contributed by atoms with Crippen LogP contribution in [-0.2, 0) is 0 Å². The van der Waals surface area contributed by atoms with Crippen LogP contribution in [0.2, 0.25) is 0 Å². The fourth-order valence-corrected chi connectivity index (χ4v) is 2.36. The van der Waals surface area contributed by atoms with Crippen LogP contribution in [0.25, 0.3) is 0 Å². The molecule has 0 heterocycles. The van der Waals surface area contributed by atoms with Gasteiger partial charge in [-0.05, 0) is 49.6 Å². The van der Waals surface area contributed by atoms with Gasteiger partial charge < -0.3 is 10.5 Å². The van der Waals surface area contributed by atoms with Crippen LogP contribution >= 0.6 is 12.6 Å². The molecular weight excluding hydrogens is 218 g/mol. The maximum Gasteiger partial charge on any atom is 0.127 e.